The van der Waals surface area contributed by atoms with E-state index in [4.69, 9.17) is 0 Å². The zero-order valence-corrected chi connectivity index (χ0v) is 12.4. The Morgan fingerprint density at radius 3 is 1.88 bits per heavy atom. The van der Waals surface area contributed by atoms with Crippen LogP contribution in [0.25, 0.3) is 0 Å². The van der Waals surface area contributed by atoms with Crippen LogP contribution in [0.5, 0.6) is 0 Å². The van der Waals surface area contributed by atoms with Gasteiger partial charge in [-0.25, -0.2) is 0 Å². The molecule has 0 saturated carbocycles. The van der Waals surface area contributed by atoms with Crippen molar-refractivity contribution in [3.63, 3.8) is 0 Å². The van der Waals surface area contributed by atoms with Gasteiger partial charge in [0.05, 0.1) is 6.10 Å². The third kappa shape index (κ3) is 5.34. The average molecular weight is 228 g/mol. The average Bonchev–Trinajstić information content (AvgIpc) is 2.12. The molecule has 2 unspecified atom stereocenters. The fourth-order valence-electron chi connectivity index (χ4n) is 2.14. The first-order chi connectivity index (χ1) is 7.20. The molecule has 0 aliphatic rings. The van der Waals surface area contributed by atoms with Gasteiger partial charge in [-0.15, -0.1) is 0 Å². The predicted octanol–water partition coefficient (Wildman–Crippen LogP) is 4.49. The van der Waals surface area contributed by atoms with Gasteiger partial charge in [-0.1, -0.05) is 54.9 Å². The zero-order valence-electron chi connectivity index (χ0n) is 12.4. The monoisotopic (exact) mass is 228 g/mol. The van der Waals surface area contributed by atoms with E-state index in [0.717, 1.165) is 19.3 Å². The summed E-state index contributed by atoms with van der Waals surface area (Å²) in [7, 11) is 0. The van der Waals surface area contributed by atoms with Crippen molar-refractivity contribution in [2.75, 3.05) is 0 Å². The standard InChI is InChI=1S/C15H32O/c1-8-13(9-11(2)3)14(16)10-15(6,7)12(4)5/h11-14,16H,8-10H2,1-7H3. The predicted molar refractivity (Wildman–Crippen MR) is 72.5 cm³/mol. The molecule has 1 nitrogen and oxygen atoms in total. The number of aliphatic hydroxyl groups is 1. The second-order valence-corrected chi connectivity index (χ2v) is 6.71. The van der Waals surface area contributed by atoms with Crippen LogP contribution in [0.1, 0.15) is 67.7 Å². The maximum absolute atomic E-state index is 10.3. The maximum atomic E-state index is 10.3. The molecule has 0 aromatic heterocycles. The van der Waals surface area contributed by atoms with Crippen LogP contribution in [0.15, 0.2) is 0 Å². The Bertz CT molecular complexity index is 182. The van der Waals surface area contributed by atoms with E-state index in [1.807, 2.05) is 0 Å². The van der Waals surface area contributed by atoms with E-state index >= 15 is 0 Å². The first-order valence-electron chi connectivity index (χ1n) is 6.88. The van der Waals surface area contributed by atoms with Crippen molar-refractivity contribution in [2.45, 2.75) is 73.8 Å². The van der Waals surface area contributed by atoms with E-state index in [1.165, 1.54) is 0 Å². The van der Waals surface area contributed by atoms with E-state index in [1.54, 1.807) is 0 Å². The van der Waals surface area contributed by atoms with Crippen molar-refractivity contribution in [3.8, 4) is 0 Å². The minimum Gasteiger partial charge on any atom is -0.393 e. The van der Waals surface area contributed by atoms with Crippen LogP contribution in [0.4, 0.5) is 0 Å². The molecule has 0 amide bonds. The molecule has 0 aromatic carbocycles. The fourth-order valence-corrected chi connectivity index (χ4v) is 2.14. The van der Waals surface area contributed by atoms with E-state index in [0.29, 0.717) is 17.8 Å². The number of rotatable bonds is 7. The Hall–Kier alpha value is -0.0400. The quantitative estimate of drug-likeness (QED) is 0.680. The molecule has 0 fully saturated rings. The summed E-state index contributed by atoms with van der Waals surface area (Å²) in [4.78, 5) is 0. The van der Waals surface area contributed by atoms with E-state index < -0.39 is 0 Å². The molecule has 16 heavy (non-hydrogen) atoms. The second-order valence-electron chi connectivity index (χ2n) is 6.71. The van der Waals surface area contributed by atoms with Gasteiger partial charge >= 0.3 is 0 Å². The minimum absolute atomic E-state index is 0.134. The van der Waals surface area contributed by atoms with Crippen molar-refractivity contribution >= 4 is 0 Å². The van der Waals surface area contributed by atoms with Gasteiger partial charge in [-0.3, -0.25) is 0 Å². The molecular weight excluding hydrogens is 196 g/mol. The molecule has 0 aliphatic carbocycles. The molecule has 0 spiro atoms. The third-order valence-corrected chi connectivity index (χ3v) is 4.14. The summed E-state index contributed by atoms with van der Waals surface area (Å²) >= 11 is 0. The minimum atomic E-state index is -0.134. The lowest BCUT2D eigenvalue weighted by atomic mass is 9.73. The van der Waals surface area contributed by atoms with Crippen LogP contribution in [-0.2, 0) is 0 Å². The Kier molecular flexibility index (Phi) is 6.62. The number of aliphatic hydroxyl groups excluding tert-OH is 1. The highest BCUT2D eigenvalue weighted by Crippen LogP contribution is 2.34. The van der Waals surface area contributed by atoms with Gasteiger partial charge in [-0.2, -0.15) is 0 Å². The van der Waals surface area contributed by atoms with Gasteiger partial charge in [0.25, 0.3) is 0 Å². The molecule has 0 radical (unpaired) electrons. The number of hydrogen-bond acceptors (Lipinski definition) is 1. The second kappa shape index (κ2) is 6.64. The highest BCUT2D eigenvalue weighted by Gasteiger charge is 2.29. The summed E-state index contributed by atoms with van der Waals surface area (Å²) in [5.41, 5.74) is 0.240. The zero-order chi connectivity index (χ0) is 12.9. The molecule has 1 heteroatoms. The van der Waals surface area contributed by atoms with Crippen LogP contribution in [0, 0.1) is 23.2 Å². The highest BCUT2D eigenvalue weighted by molar-refractivity contribution is 4.80. The molecule has 0 saturated heterocycles. The van der Waals surface area contributed by atoms with Gasteiger partial charge in [0.2, 0.25) is 0 Å². The van der Waals surface area contributed by atoms with Gasteiger partial charge < -0.3 is 5.11 Å². The lowest BCUT2D eigenvalue weighted by molar-refractivity contribution is 0.0353. The lowest BCUT2D eigenvalue weighted by Crippen LogP contribution is -2.31. The summed E-state index contributed by atoms with van der Waals surface area (Å²) in [6.07, 6.45) is 3.03. The summed E-state index contributed by atoms with van der Waals surface area (Å²) in [5.74, 6) is 1.78. The van der Waals surface area contributed by atoms with Crippen molar-refractivity contribution in [1.82, 2.24) is 0 Å². The lowest BCUT2D eigenvalue weighted by Gasteiger charge is -2.34. The molecule has 0 aliphatic heterocycles. The van der Waals surface area contributed by atoms with E-state index in [9.17, 15) is 5.11 Å². The van der Waals surface area contributed by atoms with Gasteiger partial charge in [-0.05, 0) is 36.0 Å². The molecular formula is C15H32O. The van der Waals surface area contributed by atoms with Crippen molar-refractivity contribution < 1.29 is 5.11 Å². The molecule has 1 N–H and O–H groups in total. The topological polar surface area (TPSA) is 20.2 Å². The van der Waals surface area contributed by atoms with Crippen LogP contribution >= 0.6 is 0 Å². The summed E-state index contributed by atoms with van der Waals surface area (Å²) < 4.78 is 0. The smallest absolute Gasteiger partial charge is 0.0573 e. The highest BCUT2D eigenvalue weighted by atomic mass is 16.3. The summed E-state index contributed by atoms with van der Waals surface area (Å²) in [6.45, 7) is 15.7. The van der Waals surface area contributed by atoms with Crippen molar-refractivity contribution in [1.29, 1.82) is 0 Å². The Morgan fingerprint density at radius 1 is 1.06 bits per heavy atom. The number of hydrogen-bond donors (Lipinski definition) is 1. The van der Waals surface area contributed by atoms with E-state index in [-0.39, 0.29) is 11.5 Å². The molecule has 0 heterocycles. The maximum Gasteiger partial charge on any atom is 0.0573 e. The fraction of sp³-hybridized carbons (Fsp3) is 1.00. The first-order valence-corrected chi connectivity index (χ1v) is 6.88. The Balaban J connectivity index is 4.36. The van der Waals surface area contributed by atoms with Crippen LogP contribution in [0.2, 0.25) is 0 Å². The molecule has 0 rings (SSSR count). The SMILES string of the molecule is CCC(CC(C)C)C(O)CC(C)(C)C(C)C. The van der Waals surface area contributed by atoms with Gasteiger partial charge in [0.15, 0.2) is 0 Å². The van der Waals surface area contributed by atoms with Crippen molar-refractivity contribution in [3.05, 3.63) is 0 Å². The largest absolute Gasteiger partial charge is 0.393 e. The van der Waals surface area contributed by atoms with Crippen LogP contribution in [0.3, 0.4) is 0 Å². The van der Waals surface area contributed by atoms with Crippen molar-refractivity contribution in [2.24, 2.45) is 23.2 Å². The summed E-state index contributed by atoms with van der Waals surface area (Å²) in [6, 6.07) is 0. The van der Waals surface area contributed by atoms with Gasteiger partial charge in [0.1, 0.15) is 0 Å². The van der Waals surface area contributed by atoms with E-state index in [2.05, 4.69) is 48.5 Å². The normalized spacial score (nSPS) is 16.9. The third-order valence-electron chi connectivity index (χ3n) is 4.14. The summed E-state index contributed by atoms with van der Waals surface area (Å²) in [5, 5.41) is 10.3. The Morgan fingerprint density at radius 2 is 1.56 bits per heavy atom. The Labute approximate surface area is 103 Å². The van der Waals surface area contributed by atoms with Crippen LogP contribution in [-0.4, -0.2) is 11.2 Å². The molecule has 0 aromatic rings. The van der Waals surface area contributed by atoms with Crippen LogP contribution < -0.4 is 0 Å². The first kappa shape index (κ1) is 16.0. The molecule has 98 valence electrons. The van der Waals surface area contributed by atoms with Gasteiger partial charge in [0, 0.05) is 0 Å². The molecule has 2 atom stereocenters. The molecule has 0 bridgehead atoms.